The topological polar surface area (TPSA) is 98.1 Å². The molecule has 1 unspecified atom stereocenters. The van der Waals surface area contributed by atoms with Crippen LogP contribution in [0.3, 0.4) is 0 Å². The summed E-state index contributed by atoms with van der Waals surface area (Å²) in [5, 5.41) is 9.48. The first-order chi connectivity index (χ1) is 15.5. The average Bonchev–Trinajstić information content (AvgIpc) is 2.79. The fourth-order valence-corrected chi connectivity index (χ4v) is 3.85. The SMILES string of the molecule is CCCCOc1c2n(cc(C(=O)OCC)c1=O)C(Cc1ccccc1)CN(CCO)C2=O. The van der Waals surface area contributed by atoms with E-state index in [1.165, 1.54) is 11.1 Å². The van der Waals surface area contributed by atoms with Crippen LogP contribution in [-0.4, -0.2) is 59.4 Å². The number of ether oxygens (including phenoxy) is 2. The number of fused-ring (bicyclic) bond motifs is 1. The van der Waals surface area contributed by atoms with Gasteiger partial charge in [0.25, 0.3) is 5.91 Å². The zero-order valence-corrected chi connectivity index (χ0v) is 18.6. The first-order valence-electron chi connectivity index (χ1n) is 11.0. The zero-order chi connectivity index (χ0) is 23.1. The summed E-state index contributed by atoms with van der Waals surface area (Å²) in [6, 6.07) is 9.52. The summed E-state index contributed by atoms with van der Waals surface area (Å²) in [4.78, 5) is 40.5. The number of carbonyl (C=O) groups excluding carboxylic acids is 2. The number of aliphatic hydroxyl groups excluding tert-OH is 1. The Morgan fingerprint density at radius 1 is 1.19 bits per heavy atom. The van der Waals surface area contributed by atoms with Crippen LogP contribution in [0.1, 0.15) is 59.1 Å². The number of rotatable bonds is 10. The number of unbranched alkanes of at least 4 members (excludes halogenated alkanes) is 1. The third kappa shape index (κ3) is 5.02. The quantitative estimate of drug-likeness (QED) is 0.448. The molecule has 2 aromatic rings. The average molecular weight is 443 g/mol. The summed E-state index contributed by atoms with van der Waals surface area (Å²) in [6.45, 7) is 4.32. The van der Waals surface area contributed by atoms with Crippen LogP contribution in [0.15, 0.2) is 41.3 Å². The number of carbonyl (C=O) groups is 2. The van der Waals surface area contributed by atoms with Crippen molar-refractivity contribution in [2.45, 2.75) is 39.2 Å². The van der Waals surface area contributed by atoms with Crippen LogP contribution < -0.4 is 10.2 Å². The van der Waals surface area contributed by atoms with Gasteiger partial charge in [0.2, 0.25) is 5.43 Å². The number of hydrogen-bond donors (Lipinski definition) is 1. The number of esters is 1. The Kier molecular flexibility index (Phi) is 8.05. The summed E-state index contributed by atoms with van der Waals surface area (Å²) in [7, 11) is 0. The van der Waals surface area contributed by atoms with E-state index in [-0.39, 0.29) is 49.4 Å². The Morgan fingerprint density at radius 3 is 2.59 bits per heavy atom. The molecule has 1 aromatic carbocycles. The molecule has 0 saturated heterocycles. The first-order valence-corrected chi connectivity index (χ1v) is 11.0. The molecule has 172 valence electrons. The normalized spacial score (nSPS) is 15.4. The standard InChI is InChI=1S/C24H30N2O6/c1-3-5-13-32-22-20-23(29)25(11-12-27)15-18(14-17-9-7-6-8-10-17)26(20)16-19(21(22)28)24(30)31-4-2/h6-10,16,18,27H,3-5,11-15H2,1-2H3. The number of nitrogens with zero attached hydrogens (tertiary/aromatic N) is 2. The van der Waals surface area contributed by atoms with Gasteiger partial charge in [-0.05, 0) is 25.3 Å². The van der Waals surface area contributed by atoms with E-state index in [2.05, 4.69) is 0 Å². The van der Waals surface area contributed by atoms with Crippen molar-refractivity contribution in [3.63, 3.8) is 0 Å². The third-order valence-corrected chi connectivity index (χ3v) is 5.43. The van der Waals surface area contributed by atoms with E-state index >= 15 is 0 Å². The maximum atomic E-state index is 13.3. The van der Waals surface area contributed by atoms with Gasteiger partial charge in [-0.15, -0.1) is 0 Å². The smallest absolute Gasteiger partial charge is 0.343 e. The van der Waals surface area contributed by atoms with Crippen molar-refractivity contribution >= 4 is 11.9 Å². The van der Waals surface area contributed by atoms with E-state index < -0.39 is 17.3 Å². The number of benzene rings is 1. The first kappa shape index (κ1) is 23.5. The van der Waals surface area contributed by atoms with Crippen molar-refractivity contribution < 1.29 is 24.2 Å². The Labute approximate surface area is 187 Å². The minimum atomic E-state index is -0.739. The van der Waals surface area contributed by atoms with Crippen LogP contribution in [0.2, 0.25) is 0 Å². The molecule has 1 aliphatic heterocycles. The molecule has 8 nitrogen and oxygen atoms in total. The molecule has 1 N–H and O–H groups in total. The van der Waals surface area contributed by atoms with Crippen LogP contribution in [0, 0.1) is 0 Å². The van der Waals surface area contributed by atoms with Crippen molar-refractivity contribution in [3.05, 3.63) is 63.6 Å². The lowest BCUT2D eigenvalue weighted by Gasteiger charge is -2.37. The van der Waals surface area contributed by atoms with Gasteiger partial charge < -0.3 is 24.0 Å². The monoisotopic (exact) mass is 442 g/mol. The van der Waals surface area contributed by atoms with Gasteiger partial charge in [0.05, 0.1) is 25.9 Å². The second-order valence-electron chi connectivity index (χ2n) is 7.70. The number of aliphatic hydroxyl groups is 1. The number of hydrogen-bond acceptors (Lipinski definition) is 6. The number of amides is 1. The van der Waals surface area contributed by atoms with Crippen molar-refractivity contribution in [1.82, 2.24) is 9.47 Å². The number of aromatic nitrogens is 1. The third-order valence-electron chi connectivity index (χ3n) is 5.43. The predicted molar refractivity (Wildman–Crippen MR) is 119 cm³/mol. The number of pyridine rings is 1. The molecule has 0 saturated carbocycles. The zero-order valence-electron chi connectivity index (χ0n) is 18.6. The Balaban J connectivity index is 2.16. The highest BCUT2D eigenvalue weighted by Gasteiger charge is 2.36. The highest BCUT2D eigenvalue weighted by Crippen LogP contribution is 2.29. The van der Waals surface area contributed by atoms with E-state index in [0.29, 0.717) is 19.4 Å². The van der Waals surface area contributed by atoms with E-state index in [1.807, 2.05) is 37.3 Å². The van der Waals surface area contributed by atoms with Crippen LogP contribution >= 0.6 is 0 Å². The molecular formula is C24H30N2O6. The largest absolute Gasteiger partial charge is 0.487 e. The Hall–Kier alpha value is -3.13. The van der Waals surface area contributed by atoms with Crippen molar-refractivity contribution in [2.75, 3.05) is 32.9 Å². The number of β-amino-alcohol motifs (C(OH)–C–C–N with tert-alkyl or cyclic N) is 1. The van der Waals surface area contributed by atoms with E-state index in [0.717, 1.165) is 12.0 Å². The Morgan fingerprint density at radius 2 is 1.94 bits per heavy atom. The molecule has 0 spiro atoms. The van der Waals surface area contributed by atoms with Crippen molar-refractivity contribution in [2.24, 2.45) is 0 Å². The minimum absolute atomic E-state index is 0.111. The lowest BCUT2D eigenvalue weighted by Crippen LogP contribution is -2.47. The molecule has 1 aliphatic rings. The lowest BCUT2D eigenvalue weighted by atomic mass is 10.0. The Bertz CT molecular complexity index is 1000. The molecule has 0 bridgehead atoms. The summed E-state index contributed by atoms with van der Waals surface area (Å²) in [5.74, 6) is -1.27. The van der Waals surface area contributed by atoms with Crippen LogP contribution in [0.25, 0.3) is 0 Å². The van der Waals surface area contributed by atoms with Crippen LogP contribution in [0.5, 0.6) is 5.75 Å². The summed E-state index contributed by atoms with van der Waals surface area (Å²) < 4.78 is 12.6. The fraction of sp³-hybridized carbons (Fsp3) is 0.458. The molecular weight excluding hydrogens is 412 g/mol. The predicted octanol–water partition coefficient (Wildman–Crippen LogP) is 2.44. The van der Waals surface area contributed by atoms with Gasteiger partial charge in [0.1, 0.15) is 5.56 Å². The van der Waals surface area contributed by atoms with Crippen LogP contribution in [0.4, 0.5) is 0 Å². The highest BCUT2D eigenvalue weighted by atomic mass is 16.5. The molecule has 1 aromatic heterocycles. The molecule has 3 rings (SSSR count). The second-order valence-corrected chi connectivity index (χ2v) is 7.70. The molecule has 2 heterocycles. The van der Waals surface area contributed by atoms with E-state index in [4.69, 9.17) is 9.47 Å². The molecule has 1 amide bonds. The van der Waals surface area contributed by atoms with E-state index in [9.17, 15) is 19.5 Å². The van der Waals surface area contributed by atoms with Gasteiger partial charge in [-0.3, -0.25) is 9.59 Å². The van der Waals surface area contributed by atoms with Gasteiger partial charge in [0.15, 0.2) is 11.4 Å². The molecule has 32 heavy (non-hydrogen) atoms. The van der Waals surface area contributed by atoms with Crippen LogP contribution in [-0.2, 0) is 11.2 Å². The van der Waals surface area contributed by atoms with Gasteiger partial charge in [-0.2, -0.15) is 0 Å². The molecule has 8 heteroatoms. The van der Waals surface area contributed by atoms with Gasteiger partial charge in [0, 0.05) is 19.3 Å². The second kappa shape index (κ2) is 10.9. The molecule has 1 atom stereocenters. The van der Waals surface area contributed by atoms with Crippen molar-refractivity contribution in [3.8, 4) is 5.75 Å². The summed E-state index contributed by atoms with van der Waals surface area (Å²) in [5.41, 5.74) is 0.360. The van der Waals surface area contributed by atoms with Gasteiger partial charge >= 0.3 is 5.97 Å². The van der Waals surface area contributed by atoms with Gasteiger partial charge in [-0.25, -0.2) is 4.79 Å². The maximum absolute atomic E-state index is 13.3. The lowest BCUT2D eigenvalue weighted by molar-refractivity contribution is 0.0515. The summed E-state index contributed by atoms with van der Waals surface area (Å²) >= 11 is 0. The molecule has 0 aliphatic carbocycles. The van der Waals surface area contributed by atoms with E-state index in [1.54, 1.807) is 11.5 Å². The molecule has 0 fully saturated rings. The maximum Gasteiger partial charge on any atom is 0.343 e. The summed E-state index contributed by atoms with van der Waals surface area (Å²) in [6.07, 6.45) is 3.54. The highest BCUT2D eigenvalue weighted by molar-refractivity contribution is 5.98. The van der Waals surface area contributed by atoms with Gasteiger partial charge in [-0.1, -0.05) is 43.7 Å². The molecule has 0 radical (unpaired) electrons. The van der Waals surface area contributed by atoms with Crippen molar-refractivity contribution in [1.29, 1.82) is 0 Å². The fourth-order valence-electron chi connectivity index (χ4n) is 3.85. The minimum Gasteiger partial charge on any atom is -0.487 e.